The average molecular weight is 346 g/mol. The summed E-state index contributed by atoms with van der Waals surface area (Å²) in [5, 5.41) is 15.8. The number of fused-ring (bicyclic) bond motifs is 1. The van der Waals surface area contributed by atoms with E-state index in [2.05, 4.69) is 10.6 Å². The number of hydrogen-bond donors (Lipinski definition) is 3. The third kappa shape index (κ3) is 3.61. The summed E-state index contributed by atoms with van der Waals surface area (Å²) in [6, 6.07) is 11.3. The van der Waals surface area contributed by atoms with Crippen LogP contribution in [0.1, 0.15) is 12.7 Å². The monoisotopic (exact) mass is 346 g/mol. The highest BCUT2D eigenvalue weighted by Crippen LogP contribution is 2.27. The predicted molar refractivity (Wildman–Crippen MR) is 89.2 cm³/mol. The molecule has 3 N–H and O–H groups in total. The number of nitrogens with one attached hydrogen (secondary N) is 2. The van der Waals surface area contributed by atoms with Gasteiger partial charge in [-0.15, -0.1) is 0 Å². The van der Waals surface area contributed by atoms with E-state index in [-0.39, 0.29) is 12.3 Å². The van der Waals surface area contributed by atoms with Crippen LogP contribution in [0.2, 0.25) is 0 Å². The molecule has 3 aromatic rings. The Hall–Kier alpha value is -2.93. The van der Waals surface area contributed by atoms with Crippen molar-refractivity contribution in [3.63, 3.8) is 0 Å². The molecule has 1 aromatic heterocycles. The molecular weight excluding hydrogens is 330 g/mol. The molecule has 1 heterocycles. The maximum Gasteiger partial charge on any atom is 0.319 e. The molecule has 0 saturated heterocycles. The minimum Gasteiger partial charge on any atom is -0.458 e. The van der Waals surface area contributed by atoms with Gasteiger partial charge in [0.25, 0.3) is 0 Å². The van der Waals surface area contributed by atoms with Crippen LogP contribution >= 0.6 is 0 Å². The number of amides is 2. The highest BCUT2D eigenvalue weighted by atomic mass is 19.1. The molecule has 2 aromatic carbocycles. The number of carbonyl (C=O) groups is 1. The number of aliphatic hydroxyl groups is 1. The zero-order chi connectivity index (χ0) is 18.0. The number of urea groups is 1. The van der Waals surface area contributed by atoms with Crippen LogP contribution in [0, 0.1) is 11.6 Å². The van der Waals surface area contributed by atoms with Gasteiger partial charge in [0.15, 0.2) is 0 Å². The maximum atomic E-state index is 13.5. The molecule has 0 unspecified atom stereocenters. The summed E-state index contributed by atoms with van der Waals surface area (Å²) in [6.07, 6.45) is 0. The molecule has 0 aliphatic heterocycles. The molecule has 0 radical (unpaired) electrons. The smallest absolute Gasteiger partial charge is 0.319 e. The van der Waals surface area contributed by atoms with Crippen LogP contribution in [0.5, 0.6) is 0 Å². The lowest BCUT2D eigenvalue weighted by Gasteiger charge is -2.21. The minimum absolute atomic E-state index is 0.214. The standard InChI is InChI=1S/C18H16F2N2O3/c1-18(24,15-9-11-5-2-3-8-14(11)25-15)10-21-17(23)22-16-12(19)6-4-7-13(16)20/h2-9,24H,10H2,1H3,(H2,21,22,23)/t18-/m0/s1. The van der Waals surface area contributed by atoms with Gasteiger partial charge in [-0.3, -0.25) is 0 Å². The molecule has 7 heteroatoms. The van der Waals surface area contributed by atoms with Gasteiger partial charge in [0.2, 0.25) is 0 Å². The first-order chi connectivity index (χ1) is 11.9. The average Bonchev–Trinajstić information content (AvgIpc) is 3.02. The van der Waals surface area contributed by atoms with Crippen molar-refractivity contribution in [1.29, 1.82) is 0 Å². The number of benzene rings is 2. The van der Waals surface area contributed by atoms with Crippen LogP contribution in [-0.2, 0) is 5.60 Å². The second-order valence-electron chi connectivity index (χ2n) is 5.83. The molecule has 0 bridgehead atoms. The van der Waals surface area contributed by atoms with Gasteiger partial charge in [-0.05, 0) is 31.2 Å². The van der Waals surface area contributed by atoms with Gasteiger partial charge in [0.05, 0.1) is 6.54 Å². The zero-order valence-corrected chi connectivity index (χ0v) is 13.3. The van der Waals surface area contributed by atoms with Gasteiger partial charge >= 0.3 is 6.03 Å². The van der Waals surface area contributed by atoms with E-state index in [1.165, 1.54) is 13.0 Å². The Labute approximate surface area is 142 Å². The molecule has 1 atom stereocenters. The summed E-state index contributed by atoms with van der Waals surface area (Å²) >= 11 is 0. The summed E-state index contributed by atoms with van der Waals surface area (Å²) in [6.45, 7) is 1.25. The second-order valence-corrected chi connectivity index (χ2v) is 5.83. The lowest BCUT2D eigenvalue weighted by atomic mass is 10.0. The minimum atomic E-state index is -1.50. The van der Waals surface area contributed by atoms with Crippen LogP contribution in [0.15, 0.2) is 52.9 Å². The molecular formula is C18H16F2N2O3. The van der Waals surface area contributed by atoms with Crippen LogP contribution in [0.25, 0.3) is 11.0 Å². The van der Waals surface area contributed by atoms with E-state index >= 15 is 0 Å². The fourth-order valence-electron chi connectivity index (χ4n) is 2.36. The van der Waals surface area contributed by atoms with E-state index in [0.717, 1.165) is 17.5 Å². The summed E-state index contributed by atoms with van der Waals surface area (Å²) in [5.41, 5.74) is -1.44. The first kappa shape index (κ1) is 16.9. The normalized spacial score (nSPS) is 13.4. The molecule has 3 rings (SSSR count). The molecule has 0 saturated carbocycles. The number of hydrogen-bond acceptors (Lipinski definition) is 3. The maximum absolute atomic E-state index is 13.5. The van der Waals surface area contributed by atoms with Crippen molar-refractivity contribution in [3.05, 3.63) is 65.9 Å². The van der Waals surface area contributed by atoms with Gasteiger partial charge in [0, 0.05) is 5.39 Å². The Morgan fingerprint density at radius 3 is 2.52 bits per heavy atom. The topological polar surface area (TPSA) is 74.5 Å². The largest absolute Gasteiger partial charge is 0.458 e. The first-order valence-corrected chi connectivity index (χ1v) is 7.57. The van der Waals surface area contributed by atoms with Gasteiger partial charge in [-0.1, -0.05) is 24.3 Å². The molecule has 25 heavy (non-hydrogen) atoms. The van der Waals surface area contributed by atoms with Gasteiger partial charge in [0.1, 0.15) is 34.3 Å². The number of carbonyl (C=O) groups excluding carboxylic acids is 1. The molecule has 0 aliphatic carbocycles. The Bertz CT molecular complexity index is 868. The van der Waals surface area contributed by atoms with Gasteiger partial charge < -0.3 is 20.2 Å². The molecule has 130 valence electrons. The van der Waals surface area contributed by atoms with Crippen molar-refractivity contribution in [3.8, 4) is 0 Å². The van der Waals surface area contributed by atoms with Gasteiger partial charge in [-0.2, -0.15) is 0 Å². The third-order valence-corrected chi connectivity index (χ3v) is 3.75. The fraction of sp³-hybridized carbons (Fsp3) is 0.167. The summed E-state index contributed by atoms with van der Waals surface area (Å²) in [7, 11) is 0. The second kappa shape index (κ2) is 6.52. The Morgan fingerprint density at radius 2 is 1.84 bits per heavy atom. The lowest BCUT2D eigenvalue weighted by Crippen LogP contribution is -2.40. The Morgan fingerprint density at radius 1 is 1.16 bits per heavy atom. The van der Waals surface area contributed by atoms with Crippen LogP contribution < -0.4 is 10.6 Å². The zero-order valence-electron chi connectivity index (χ0n) is 13.3. The number of anilines is 1. The van der Waals surface area contributed by atoms with E-state index in [1.807, 2.05) is 12.1 Å². The van der Waals surface area contributed by atoms with E-state index in [4.69, 9.17) is 4.42 Å². The van der Waals surface area contributed by atoms with Crippen molar-refractivity contribution in [2.75, 3.05) is 11.9 Å². The highest BCUT2D eigenvalue weighted by Gasteiger charge is 2.28. The Balaban J connectivity index is 1.68. The van der Waals surface area contributed by atoms with Crippen LogP contribution in [0.4, 0.5) is 19.3 Å². The molecule has 2 amide bonds. The SMILES string of the molecule is C[C@](O)(CNC(=O)Nc1c(F)cccc1F)c1cc2ccccc2o1. The molecule has 5 nitrogen and oxygen atoms in total. The molecule has 0 aliphatic rings. The lowest BCUT2D eigenvalue weighted by molar-refractivity contribution is 0.0388. The Kier molecular flexibility index (Phi) is 4.41. The molecule has 0 fully saturated rings. The number of halogens is 2. The van der Waals surface area contributed by atoms with Crippen molar-refractivity contribution < 1.29 is 23.1 Å². The number of furan rings is 1. The van der Waals surface area contributed by atoms with Crippen molar-refractivity contribution in [2.24, 2.45) is 0 Å². The summed E-state index contributed by atoms with van der Waals surface area (Å²) in [5.74, 6) is -1.51. The predicted octanol–water partition coefficient (Wildman–Crippen LogP) is 3.74. The van der Waals surface area contributed by atoms with E-state index in [9.17, 15) is 18.7 Å². The number of para-hydroxylation sites is 2. The van der Waals surface area contributed by atoms with E-state index in [1.54, 1.807) is 18.2 Å². The van der Waals surface area contributed by atoms with Crippen molar-refractivity contribution in [2.45, 2.75) is 12.5 Å². The quantitative estimate of drug-likeness (QED) is 0.674. The van der Waals surface area contributed by atoms with Gasteiger partial charge in [-0.25, -0.2) is 13.6 Å². The van der Waals surface area contributed by atoms with E-state index < -0.39 is 29.0 Å². The highest BCUT2D eigenvalue weighted by molar-refractivity contribution is 5.89. The number of rotatable bonds is 4. The third-order valence-electron chi connectivity index (χ3n) is 3.75. The summed E-state index contributed by atoms with van der Waals surface area (Å²) < 4.78 is 32.6. The first-order valence-electron chi connectivity index (χ1n) is 7.57. The summed E-state index contributed by atoms with van der Waals surface area (Å²) in [4.78, 5) is 11.9. The van der Waals surface area contributed by atoms with Crippen molar-refractivity contribution >= 4 is 22.7 Å². The van der Waals surface area contributed by atoms with E-state index in [0.29, 0.717) is 5.58 Å². The van der Waals surface area contributed by atoms with Crippen LogP contribution in [0.3, 0.4) is 0 Å². The van der Waals surface area contributed by atoms with Crippen LogP contribution in [-0.4, -0.2) is 17.7 Å². The molecule has 0 spiro atoms. The van der Waals surface area contributed by atoms with Crippen molar-refractivity contribution in [1.82, 2.24) is 5.32 Å². The fourth-order valence-corrected chi connectivity index (χ4v) is 2.36.